The molecule has 0 bridgehead atoms. The molecule has 1 aromatic carbocycles. The second kappa shape index (κ2) is 3.01. The molecule has 0 spiro atoms. The van der Waals surface area contributed by atoms with Crippen molar-refractivity contribution in [3.8, 4) is 5.75 Å². The van der Waals surface area contributed by atoms with Crippen molar-refractivity contribution in [1.29, 1.82) is 0 Å². The third-order valence-electron chi connectivity index (χ3n) is 0.996. The maximum atomic E-state index is 12.5. The van der Waals surface area contributed by atoms with Crippen LogP contribution in [0.4, 0.5) is 4.39 Å². The van der Waals surface area contributed by atoms with E-state index in [1.54, 1.807) is 0 Å². The molecule has 0 aliphatic carbocycles. The van der Waals surface area contributed by atoms with E-state index in [-0.39, 0.29) is 5.82 Å². The van der Waals surface area contributed by atoms with E-state index in [1.165, 1.54) is 19.2 Å². The summed E-state index contributed by atoms with van der Waals surface area (Å²) in [5, 5.41) is 0. The van der Waals surface area contributed by atoms with E-state index >= 15 is 0 Å². The zero-order chi connectivity index (χ0) is 7.56. The fourth-order valence-corrected chi connectivity index (χ4v) is 1.00. The Bertz CT molecular complexity index is 217. The van der Waals surface area contributed by atoms with Crippen molar-refractivity contribution in [2.75, 3.05) is 7.11 Å². The first-order chi connectivity index (χ1) is 4.72. The lowest BCUT2D eigenvalue weighted by Gasteiger charge is -1.98. The first-order valence-corrected chi connectivity index (χ1v) is 3.44. The molecule has 1 rings (SSSR count). The number of hydrogen-bond acceptors (Lipinski definition) is 1. The van der Waals surface area contributed by atoms with Crippen LogP contribution in [0.25, 0.3) is 0 Å². The molecular weight excluding hydrogens is 199 g/mol. The molecule has 0 saturated carbocycles. The van der Waals surface area contributed by atoms with E-state index in [1.807, 2.05) is 0 Å². The van der Waals surface area contributed by atoms with Crippen molar-refractivity contribution in [1.82, 2.24) is 0 Å². The molecule has 0 atom stereocenters. The number of benzene rings is 1. The van der Waals surface area contributed by atoms with Crippen molar-refractivity contribution in [2.24, 2.45) is 0 Å². The van der Waals surface area contributed by atoms with Gasteiger partial charge in [-0.05, 0) is 22.0 Å². The quantitative estimate of drug-likeness (QED) is 0.682. The maximum absolute atomic E-state index is 12.5. The summed E-state index contributed by atoms with van der Waals surface area (Å²) >= 11 is 3.08. The van der Waals surface area contributed by atoms with Gasteiger partial charge < -0.3 is 4.74 Å². The SMILES string of the molecule is COc1[c]c(Br)cc(F)c1. The summed E-state index contributed by atoms with van der Waals surface area (Å²) in [4.78, 5) is 0. The molecule has 53 valence electrons. The third kappa shape index (κ3) is 1.70. The molecule has 10 heavy (non-hydrogen) atoms. The van der Waals surface area contributed by atoms with Crippen molar-refractivity contribution >= 4 is 15.9 Å². The molecule has 1 aromatic rings. The van der Waals surface area contributed by atoms with E-state index < -0.39 is 0 Å². The van der Waals surface area contributed by atoms with Crippen LogP contribution in [0.2, 0.25) is 0 Å². The summed E-state index contributed by atoms with van der Waals surface area (Å²) < 4.78 is 17.8. The maximum Gasteiger partial charge on any atom is 0.130 e. The number of methoxy groups -OCH3 is 1. The summed E-state index contributed by atoms with van der Waals surface area (Å²) in [5.41, 5.74) is 0. The molecular formula is C7H5BrFO. The Morgan fingerprint density at radius 1 is 1.60 bits per heavy atom. The predicted octanol–water partition coefficient (Wildman–Crippen LogP) is 2.40. The highest BCUT2D eigenvalue weighted by Crippen LogP contribution is 2.18. The molecule has 0 amide bonds. The number of hydrogen-bond donors (Lipinski definition) is 0. The third-order valence-corrected chi connectivity index (χ3v) is 1.42. The Kier molecular flexibility index (Phi) is 2.27. The van der Waals surface area contributed by atoms with Gasteiger partial charge in [-0.3, -0.25) is 0 Å². The van der Waals surface area contributed by atoms with E-state index in [2.05, 4.69) is 22.0 Å². The van der Waals surface area contributed by atoms with Gasteiger partial charge in [-0.2, -0.15) is 0 Å². The van der Waals surface area contributed by atoms with Gasteiger partial charge in [0.2, 0.25) is 0 Å². The van der Waals surface area contributed by atoms with Gasteiger partial charge in [0.15, 0.2) is 0 Å². The van der Waals surface area contributed by atoms with E-state index in [9.17, 15) is 4.39 Å². The first kappa shape index (κ1) is 7.54. The molecule has 1 radical (unpaired) electrons. The van der Waals surface area contributed by atoms with Crippen LogP contribution in [0.5, 0.6) is 5.75 Å². The molecule has 0 fully saturated rings. The van der Waals surface area contributed by atoms with Crippen LogP contribution in [0, 0.1) is 11.9 Å². The Labute approximate surface area is 66.9 Å². The molecule has 0 aliphatic heterocycles. The predicted molar refractivity (Wildman–Crippen MR) is 39.5 cm³/mol. The van der Waals surface area contributed by atoms with Crippen molar-refractivity contribution in [3.63, 3.8) is 0 Å². The normalized spacial score (nSPS) is 9.50. The summed E-state index contributed by atoms with van der Waals surface area (Å²) in [5.74, 6) is 0.0642. The topological polar surface area (TPSA) is 9.23 Å². The molecule has 0 aliphatic rings. The molecule has 0 unspecified atom stereocenters. The minimum absolute atomic E-state index is 0.331. The second-order valence-electron chi connectivity index (χ2n) is 1.71. The second-order valence-corrected chi connectivity index (χ2v) is 2.57. The molecule has 0 aromatic heterocycles. The largest absolute Gasteiger partial charge is 0.496 e. The highest BCUT2D eigenvalue weighted by Gasteiger charge is 1.97. The van der Waals surface area contributed by atoms with Gasteiger partial charge in [-0.15, -0.1) is 0 Å². The molecule has 1 nitrogen and oxygen atoms in total. The average Bonchev–Trinajstić information content (AvgIpc) is 1.85. The van der Waals surface area contributed by atoms with Gasteiger partial charge in [0, 0.05) is 16.6 Å². The van der Waals surface area contributed by atoms with Crippen molar-refractivity contribution in [2.45, 2.75) is 0 Å². The highest BCUT2D eigenvalue weighted by molar-refractivity contribution is 9.10. The van der Waals surface area contributed by atoms with E-state index in [0.29, 0.717) is 10.2 Å². The van der Waals surface area contributed by atoms with Gasteiger partial charge in [-0.1, -0.05) is 0 Å². The van der Waals surface area contributed by atoms with Crippen LogP contribution in [0.1, 0.15) is 0 Å². The first-order valence-electron chi connectivity index (χ1n) is 2.65. The molecule has 3 heteroatoms. The zero-order valence-corrected chi connectivity index (χ0v) is 6.90. The van der Waals surface area contributed by atoms with Crippen LogP contribution in [-0.4, -0.2) is 7.11 Å². The van der Waals surface area contributed by atoms with Crippen LogP contribution in [-0.2, 0) is 0 Å². The van der Waals surface area contributed by atoms with Gasteiger partial charge in [0.1, 0.15) is 11.6 Å². The molecule has 0 heterocycles. The average molecular weight is 204 g/mol. The number of rotatable bonds is 1. The van der Waals surface area contributed by atoms with Gasteiger partial charge in [0.25, 0.3) is 0 Å². The van der Waals surface area contributed by atoms with Gasteiger partial charge >= 0.3 is 0 Å². The summed E-state index contributed by atoms with van der Waals surface area (Å²) in [6.07, 6.45) is 0. The van der Waals surface area contributed by atoms with Crippen molar-refractivity contribution in [3.05, 3.63) is 28.5 Å². The number of halogens is 2. The number of ether oxygens (including phenoxy) is 1. The lowest BCUT2D eigenvalue weighted by molar-refractivity contribution is 0.410. The lowest BCUT2D eigenvalue weighted by Crippen LogP contribution is -1.84. The summed E-state index contributed by atoms with van der Waals surface area (Å²) in [6.45, 7) is 0. The van der Waals surface area contributed by atoms with Crippen LogP contribution in [0.3, 0.4) is 0 Å². The van der Waals surface area contributed by atoms with Gasteiger partial charge in [0.05, 0.1) is 7.11 Å². The summed E-state index contributed by atoms with van der Waals surface area (Å²) in [7, 11) is 1.47. The monoisotopic (exact) mass is 203 g/mol. The van der Waals surface area contributed by atoms with E-state index in [4.69, 9.17) is 4.74 Å². The Hall–Kier alpha value is -0.570. The van der Waals surface area contributed by atoms with E-state index in [0.717, 1.165) is 0 Å². The minimum atomic E-state index is -0.331. The zero-order valence-electron chi connectivity index (χ0n) is 5.32. The van der Waals surface area contributed by atoms with Crippen LogP contribution >= 0.6 is 15.9 Å². The summed E-state index contributed by atoms with van der Waals surface area (Å²) in [6, 6.07) is 5.34. The van der Waals surface area contributed by atoms with Crippen LogP contribution in [0.15, 0.2) is 16.6 Å². The van der Waals surface area contributed by atoms with Gasteiger partial charge in [-0.25, -0.2) is 4.39 Å². The Balaban J connectivity index is 3.06. The Morgan fingerprint density at radius 2 is 2.30 bits per heavy atom. The molecule has 0 saturated heterocycles. The fourth-order valence-electron chi connectivity index (χ4n) is 0.588. The Morgan fingerprint density at radius 3 is 2.80 bits per heavy atom. The highest BCUT2D eigenvalue weighted by atomic mass is 79.9. The minimum Gasteiger partial charge on any atom is -0.496 e. The van der Waals surface area contributed by atoms with Crippen molar-refractivity contribution < 1.29 is 9.13 Å². The standard InChI is InChI=1S/C7H5BrFO/c1-10-7-3-5(8)2-6(9)4-7/h2,4H,1H3. The smallest absolute Gasteiger partial charge is 0.130 e. The van der Waals surface area contributed by atoms with Crippen LogP contribution < -0.4 is 4.74 Å². The lowest BCUT2D eigenvalue weighted by atomic mass is 10.3. The fraction of sp³-hybridized carbons (Fsp3) is 0.143. The molecule has 0 N–H and O–H groups in total.